The lowest BCUT2D eigenvalue weighted by Crippen LogP contribution is -2.27. The molecule has 2 aromatic carbocycles. The molecule has 0 aliphatic heterocycles. The van der Waals surface area contributed by atoms with Gasteiger partial charge >= 0.3 is 0 Å². The number of primary sulfonamides is 1. The van der Waals surface area contributed by atoms with Crippen LogP contribution < -0.4 is 15.8 Å². The van der Waals surface area contributed by atoms with Gasteiger partial charge in [-0.25, -0.2) is 13.6 Å². The monoisotopic (exact) mass is 375 g/mol. The van der Waals surface area contributed by atoms with E-state index >= 15 is 0 Å². The van der Waals surface area contributed by atoms with Crippen molar-refractivity contribution < 1.29 is 18.0 Å². The van der Waals surface area contributed by atoms with Crippen LogP contribution in [0.2, 0.25) is 0 Å². The van der Waals surface area contributed by atoms with Gasteiger partial charge in [-0.1, -0.05) is 24.3 Å². The molecule has 7 nitrogen and oxygen atoms in total. The Morgan fingerprint density at radius 3 is 2.08 bits per heavy atom. The minimum Gasteiger partial charge on any atom is -0.355 e. The normalized spacial score (nSPS) is 11.0. The molecule has 0 radical (unpaired) electrons. The molecule has 0 saturated heterocycles. The van der Waals surface area contributed by atoms with Crippen molar-refractivity contribution in [3.05, 3.63) is 59.7 Å². The summed E-state index contributed by atoms with van der Waals surface area (Å²) < 4.78 is 22.4. The number of carbonyl (C=O) groups excluding carboxylic acids is 2. The van der Waals surface area contributed by atoms with Gasteiger partial charge in [0.25, 0.3) is 0 Å². The third-order valence-corrected chi connectivity index (χ3v) is 4.56. The number of hydrogen-bond acceptors (Lipinski definition) is 4. The van der Waals surface area contributed by atoms with Crippen molar-refractivity contribution in [1.82, 2.24) is 5.32 Å². The lowest BCUT2D eigenvalue weighted by molar-refractivity contribution is -0.120. The molecule has 2 rings (SSSR count). The zero-order chi connectivity index (χ0) is 19.2. The fourth-order valence-corrected chi connectivity index (χ4v) is 2.86. The van der Waals surface area contributed by atoms with E-state index in [0.29, 0.717) is 18.7 Å². The van der Waals surface area contributed by atoms with E-state index in [-0.39, 0.29) is 23.1 Å². The molecule has 8 heteroatoms. The highest BCUT2D eigenvalue weighted by molar-refractivity contribution is 7.89. The number of amides is 2. The third-order valence-electron chi connectivity index (χ3n) is 3.63. The van der Waals surface area contributed by atoms with Gasteiger partial charge < -0.3 is 10.6 Å². The maximum absolute atomic E-state index is 12.0. The first-order valence-electron chi connectivity index (χ1n) is 7.99. The van der Waals surface area contributed by atoms with Gasteiger partial charge in [-0.2, -0.15) is 0 Å². The summed E-state index contributed by atoms with van der Waals surface area (Å²) in [7, 11) is -3.69. The van der Waals surface area contributed by atoms with Crippen molar-refractivity contribution in [2.75, 3.05) is 11.9 Å². The van der Waals surface area contributed by atoms with Crippen LogP contribution in [0.5, 0.6) is 0 Å². The van der Waals surface area contributed by atoms with E-state index in [1.54, 1.807) is 36.4 Å². The van der Waals surface area contributed by atoms with Gasteiger partial charge in [0.1, 0.15) is 0 Å². The molecule has 138 valence electrons. The van der Waals surface area contributed by atoms with E-state index in [1.165, 1.54) is 19.1 Å². The minimum absolute atomic E-state index is 0.0630. The molecule has 0 heterocycles. The third kappa shape index (κ3) is 6.30. The molecular formula is C18H21N3O4S. The minimum atomic E-state index is -3.69. The zero-order valence-electron chi connectivity index (χ0n) is 14.4. The van der Waals surface area contributed by atoms with E-state index in [9.17, 15) is 18.0 Å². The maximum atomic E-state index is 12.0. The molecule has 0 fully saturated rings. The second-order valence-corrected chi connectivity index (χ2v) is 7.41. The number of nitrogens with two attached hydrogens (primary N) is 1. The molecule has 0 spiro atoms. The van der Waals surface area contributed by atoms with Crippen LogP contribution in [0.25, 0.3) is 0 Å². The van der Waals surface area contributed by atoms with Crippen LogP contribution in [0, 0.1) is 0 Å². The molecule has 2 amide bonds. The van der Waals surface area contributed by atoms with Gasteiger partial charge in [0.2, 0.25) is 21.8 Å². The van der Waals surface area contributed by atoms with Crippen LogP contribution in [-0.2, 0) is 32.5 Å². The molecule has 4 N–H and O–H groups in total. The Balaban J connectivity index is 1.79. The number of hydrogen-bond donors (Lipinski definition) is 3. The Morgan fingerprint density at radius 1 is 0.962 bits per heavy atom. The molecule has 0 aliphatic carbocycles. The molecule has 26 heavy (non-hydrogen) atoms. The van der Waals surface area contributed by atoms with Crippen molar-refractivity contribution in [1.29, 1.82) is 0 Å². The number of sulfonamides is 1. The van der Waals surface area contributed by atoms with Crippen molar-refractivity contribution >= 4 is 27.5 Å². The van der Waals surface area contributed by atoms with Crippen molar-refractivity contribution in [3.63, 3.8) is 0 Å². The highest BCUT2D eigenvalue weighted by atomic mass is 32.2. The molecule has 0 aliphatic rings. The summed E-state index contributed by atoms with van der Waals surface area (Å²) >= 11 is 0. The predicted octanol–water partition coefficient (Wildman–Crippen LogP) is 1.19. The van der Waals surface area contributed by atoms with Gasteiger partial charge in [-0.05, 0) is 41.8 Å². The van der Waals surface area contributed by atoms with E-state index in [2.05, 4.69) is 10.6 Å². The number of anilines is 1. The molecule has 0 bridgehead atoms. The lowest BCUT2D eigenvalue weighted by atomic mass is 10.1. The van der Waals surface area contributed by atoms with Crippen LogP contribution >= 0.6 is 0 Å². The quantitative estimate of drug-likeness (QED) is 0.673. The first-order chi connectivity index (χ1) is 12.2. The van der Waals surface area contributed by atoms with Crippen LogP contribution in [0.3, 0.4) is 0 Å². The predicted molar refractivity (Wildman–Crippen MR) is 99.0 cm³/mol. The first kappa shape index (κ1) is 19.6. The van der Waals surface area contributed by atoms with E-state index < -0.39 is 10.0 Å². The van der Waals surface area contributed by atoms with Crippen LogP contribution in [0.4, 0.5) is 5.69 Å². The number of nitrogens with one attached hydrogen (secondary N) is 2. The van der Waals surface area contributed by atoms with E-state index in [0.717, 1.165) is 11.1 Å². The summed E-state index contributed by atoms with van der Waals surface area (Å²) in [5.41, 5.74) is 2.43. The lowest BCUT2D eigenvalue weighted by Gasteiger charge is -2.07. The Morgan fingerprint density at radius 2 is 1.54 bits per heavy atom. The Kier molecular flexibility index (Phi) is 6.48. The van der Waals surface area contributed by atoms with Crippen LogP contribution in [0.15, 0.2) is 53.4 Å². The van der Waals surface area contributed by atoms with Gasteiger partial charge in [0, 0.05) is 19.2 Å². The summed E-state index contributed by atoms with van der Waals surface area (Å²) in [6.45, 7) is 1.88. The maximum Gasteiger partial charge on any atom is 0.238 e. The summed E-state index contributed by atoms with van der Waals surface area (Å²) in [6.07, 6.45) is 0.822. The van der Waals surface area contributed by atoms with Crippen molar-refractivity contribution in [2.45, 2.75) is 24.7 Å². The van der Waals surface area contributed by atoms with Gasteiger partial charge in [-0.15, -0.1) is 0 Å². The Bertz CT molecular complexity index is 876. The highest BCUT2D eigenvalue weighted by Crippen LogP contribution is 2.11. The summed E-state index contributed by atoms with van der Waals surface area (Å²) in [5.74, 6) is -0.258. The zero-order valence-corrected chi connectivity index (χ0v) is 15.2. The molecule has 2 aromatic rings. The highest BCUT2D eigenvalue weighted by Gasteiger charge is 2.07. The number of benzene rings is 2. The van der Waals surface area contributed by atoms with Crippen molar-refractivity contribution in [2.24, 2.45) is 5.14 Å². The smallest absolute Gasteiger partial charge is 0.238 e. The van der Waals surface area contributed by atoms with Crippen LogP contribution in [-0.4, -0.2) is 26.8 Å². The largest absolute Gasteiger partial charge is 0.355 e. The second-order valence-electron chi connectivity index (χ2n) is 5.84. The number of carbonyl (C=O) groups is 2. The number of rotatable bonds is 7. The molecule has 0 saturated carbocycles. The molecule has 0 aromatic heterocycles. The van der Waals surface area contributed by atoms with E-state index in [4.69, 9.17) is 5.14 Å². The molecule has 0 atom stereocenters. The molecular weight excluding hydrogens is 354 g/mol. The fourth-order valence-electron chi connectivity index (χ4n) is 2.35. The average molecular weight is 375 g/mol. The fraction of sp³-hybridized carbons (Fsp3) is 0.222. The SMILES string of the molecule is CC(=O)Nc1ccc(CC(=O)NCCc2ccc(S(N)(=O)=O)cc2)cc1. The second kappa shape index (κ2) is 8.59. The summed E-state index contributed by atoms with van der Waals surface area (Å²) in [5, 5.41) is 10.5. The average Bonchev–Trinajstić information content (AvgIpc) is 2.56. The van der Waals surface area contributed by atoms with E-state index in [1.807, 2.05) is 0 Å². The topological polar surface area (TPSA) is 118 Å². The van der Waals surface area contributed by atoms with Gasteiger partial charge in [0.15, 0.2) is 0 Å². The molecule has 0 unspecified atom stereocenters. The Hall–Kier alpha value is -2.71. The summed E-state index contributed by atoms with van der Waals surface area (Å²) in [4.78, 5) is 23.0. The first-order valence-corrected chi connectivity index (χ1v) is 9.53. The van der Waals surface area contributed by atoms with Gasteiger partial charge in [-0.3, -0.25) is 9.59 Å². The Labute approximate surface area is 152 Å². The standard InChI is InChI=1S/C18H21N3O4S/c1-13(22)21-16-6-2-15(3-7-16)12-18(23)20-11-10-14-4-8-17(9-5-14)26(19,24)25/h2-9H,10-12H2,1H3,(H,20,23)(H,21,22)(H2,19,24,25). The summed E-state index contributed by atoms with van der Waals surface area (Å²) in [6, 6.07) is 13.3. The van der Waals surface area contributed by atoms with Crippen molar-refractivity contribution in [3.8, 4) is 0 Å². The van der Waals surface area contributed by atoms with Gasteiger partial charge in [0.05, 0.1) is 11.3 Å². The van der Waals surface area contributed by atoms with Crippen LogP contribution in [0.1, 0.15) is 18.1 Å².